The summed E-state index contributed by atoms with van der Waals surface area (Å²) in [6.45, 7) is 5.37. The zero-order chi connectivity index (χ0) is 13.3. The predicted octanol–water partition coefficient (Wildman–Crippen LogP) is 3.27. The molecule has 1 aliphatic heterocycles. The fourth-order valence-corrected chi connectivity index (χ4v) is 2.35. The van der Waals surface area contributed by atoms with E-state index in [2.05, 4.69) is 26.6 Å². The maximum atomic E-state index is 12.0. The lowest BCUT2D eigenvalue weighted by atomic mass is 10.0. The summed E-state index contributed by atoms with van der Waals surface area (Å²) in [5, 5.41) is 6.63. The lowest BCUT2D eigenvalue weighted by Crippen LogP contribution is -2.36. The smallest absolute Gasteiger partial charge is 0.251 e. The zero-order valence-electron chi connectivity index (χ0n) is 10.2. The summed E-state index contributed by atoms with van der Waals surface area (Å²) >= 11 is 9.48. The summed E-state index contributed by atoms with van der Waals surface area (Å²) in [5.41, 5.74) is 3.60. The Labute approximate surface area is 120 Å². The molecule has 0 unspecified atom stereocenters. The number of nitrogens with one attached hydrogen (secondary N) is 2. The van der Waals surface area contributed by atoms with Gasteiger partial charge >= 0.3 is 0 Å². The minimum absolute atomic E-state index is 0.0767. The first kappa shape index (κ1) is 13.6. The largest absolute Gasteiger partial charge is 0.321 e. The summed E-state index contributed by atoms with van der Waals surface area (Å²) in [6.07, 6.45) is 0. The van der Waals surface area contributed by atoms with Crippen molar-refractivity contribution in [3.05, 3.63) is 38.3 Å². The van der Waals surface area contributed by atoms with Crippen LogP contribution in [0.3, 0.4) is 0 Å². The van der Waals surface area contributed by atoms with Crippen LogP contribution in [-0.4, -0.2) is 19.0 Å². The topological polar surface area (TPSA) is 41.1 Å². The average molecular weight is 330 g/mol. The molecule has 1 fully saturated rings. The molecule has 2 N–H and O–H groups in total. The Morgan fingerprint density at radius 2 is 2.11 bits per heavy atom. The highest BCUT2D eigenvalue weighted by molar-refractivity contribution is 9.10. The third-order valence-electron chi connectivity index (χ3n) is 3.04. The van der Waals surface area contributed by atoms with E-state index in [1.165, 1.54) is 0 Å². The van der Waals surface area contributed by atoms with Crippen molar-refractivity contribution in [3.8, 4) is 0 Å². The van der Waals surface area contributed by atoms with E-state index in [-0.39, 0.29) is 5.91 Å². The second-order valence-corrected chi connectivity index (χ2v) is 5.63. The van der Waals surface area contributed by atoms with Gasteiger partial charge in [-0.25, -0.2) is 0 Å². The molecule has 0 aliphatic carbocycles. The molecule has 18 heavy (non-hydrogen) atoms. The quantitative estimate of drug-likeness (QED) is 0.818. The molecule has 5 heteroatoms. The van der Waals surface area contributed by atoms with E-state index in [9.17, 15) is 4.79 Å². The van der Waals surface area contributed by atoms with Crippen LogP contribution >= 0.6 is 27.5 Å². The Bertz CT molecular complexity index is 534. The second-order valence-electron chi connectivity index (χ2n) is 4.37. The minimum atomic E-state index is -0.0767. The molecular formula is C13H14BrClN2O. The molecule has 1 heterocycles. The van der Waals surface area contributed by atoms with Crippen LogP contribution in [0.25, 0.3) is 0 Å². The molecule has 96 valence electrons. The van der Waals surface area contributed by atoms with Gasteiger partial charge in [-0.15, -0.1) is 0 Å². The number of aryl methyl sites for hydroxylation is 1. The number of carbonyl (C=O) groups is 1. The van der Waals surface area contributed by atoms with E-state index in [1.54, 1.807) is 6.07 Å². The van der Waals surface area contributed by atoms with Crippen molar-refractivity contribution in [3.63, 3.8) is 0 Å². The lowest BCUT2D eigenvalue weighted by molar-refractivity contribution is -0.112. The molecular weight excluding hydrogens is 316 g/mol. The summed E-state index contributed by atoms with van der Waals surface area (Å²) in [5.74, 6) is -0.0767. The molecule has 0 aromatic heterocycles. The van der Waals surface area contributed by atoms with E-state index >= 15 is 0 Å². The number of carbonyl (C=O) groups excluding carboxylic acids is 1. The van der Waals surface area contributed by atoms with Gasteiger partial charge in [-0.1, -0.05) is 11.6 Å². The summed E-state index contributed by atoms with van der Waals surface area (Å²) in [6, 6.07) is 3.65. The van der Waals surface area contributed by atoms with Crippen LogP contribution in [0.1, 0.15) is 12.5 Å². The van der Waals surface area contributed by atoms with Crippen molar-refractivity contribution in [2.75, 3.05) is 18.4 Å². The molecule has 0 spiro atoms. The van der Waals surface area contributed by atoms with Crippen LogP contribution in [0, 0.1) is 6.92 Å². The van der Waals surface area contributed by atoms with Crippen LogP contribution in [0.5, 0.6) is 0 Å². The van der Waals surface area contributed by atoms with Gasteiger partial charge in [0.15, 0.2) is 0 Å². The normalized spacial score (nSPS) is 14.1. The SMILES string of the molecule is CC(C(=O)Nc1cc(Cl)c(C)cc1Br)=C1CNC1. The fraction of sp³-hybridized carbons (Fsp3) is 0.308. The van der Waals surface area contributed by atoms with E-state index < -0.39 is 0 Å². The van der Waals surface area contributed by atoms with Crippen molar-refractivity contribution in [1.82, 2.24) is 5.32 Å². The number of benzene rings is 1. The highest BCUT2D eigenvalue weighted by Gasteiger charge is 2.17. The summed E-state index contributed by atoms with van der Waals surface area (Å²) in [7, 11) is 0. The molecule has 0 radical (unpaired) electrons. The van der Waals surface area contributed by atoms with Crippen LogP contribution in [0.4, 0.5) is 5.69 Å². The Hall–Kier alpha value is -0.840. The van der Waals surface area contributed by atoms with Crippen LogP contribution < -0.4 is 10.6 Å². The second kappa shape index (κ2) is 5.43. The molecule has 1 aliphatic rings. The average Bonchev–Trinajstić information content (AvgIpc) is 2.23. The lowest BCUT2D eigenvalue weighted by Gasteiger charge is -2.21. The first-order chi connectivity index (χ1) is 8.49. The van der Waals surface area contributed by atoms with Crippen LogP contribution in [0.15, 0.2) is 27.8 Å². The molecule has 2 rings (SSSR count). The summed E-state index contributed by atoms with van der Waals surface area (Å²) < 4.78 is 0.835. The number of halogens is 2. The maximum Gasteiger partial charge on any atom is 0.251 e. The van der Waals surface area contributed by atoms with Gasteiger partial charge in [0.1, 0.15) is 0 Å². The Morgan fingerprint density at radius 1 is 1.44 bits per heavy atom. The van der Waals surface area contributed by atoms with Gasteiger partial charge in [-0.3, -0.25) is 4.79 Å². The highest BCUT2D eigenvalue weighted by Crippen LogP contribution is 2.29. The maximum absolute atomic E-state index is 12.0. The molecule has 0 saturated carbocycles. The number of amides is 1. The standard InChI is InChI=1S/C13H14BrClN2O/c1-7-3-10(14)12(4-11(7)15)17-13(18)8(2)9-5-16-6-9/h3-4,16H,5-6H2,1-2H3,(H,17,18). The fourth-order valence-electron chi connectivity index (χ4n) is 1.63. The monoisotopic (exact) mass is 328 g/mol. The van der Waals surface area contributed by atoms with Gasteiger partial charge in [0, 0.05) is 28.2 Å². The Balaban J connectivity index is 2.19. The van der Waals surface area contributed by atoms with E-state index in [1.807, 2.05) is 19.9 Å². The molecule has 1 aromatic carbocycles. The molecule has 1 amide bonds. The molecule has 0 bridgehead atoms. The van der Waals surface area contributed by atoms with Gasteiger partial charge in [-0.2, -0.15) is 0 Å². The summed E-state index contributed by atoms with van der Waals surface area (Å²) in [4.78, 5) is 12.0. The third kappa shape index (κ3) is 2.76. The first-order valence-electron chi connectivity index (χ1n) is 5.65. The number of anilines is 1. The Morgan fingerprint density at radius 3 is 2.67 bits per heavy atom. The van der Waals surface area contributed by atoms with Gasteiger partial charge in [0.25, 0.3) is 5.91 Å². The molecule has 1 saturated heterocycles. The third-order valence-corrected chi connectivity index (χ3v) is 4.11. The highest BCUT2D eigenvalue weighted by atomic mass is 79.9. The van der Waals surface area contributed by atoms with E-state index in [0.29, 0.717) is 10.7 Å². The van der Waals surface area contributed by atoms with Gasteiger partial charge in [-0.05, 0) is 53.0 Å². The number of hydrogen-bond acceptors (Lipinski definition) is 2. The van der Waals surface area contributed by atoms with Crippen molar-refractivity contribution >= 4 is 39.1 Å². The zero-order valence-corrected chi connectivity index (χ0v) is 12.6. The predicted molar refractivity (Wildman–Crippen MR) is 78.1 cm³/mol. The van der Waals surface area contributed by atoms with Gasteiger partial charge < -0.3 is 10.6 Å². The first-order valence-corrected chi connectivity index (χ1v) is 6.82. The van der Waals surface area contributed by atoms with Crippen molar-refractivity contribution in [2.24, 2.45) is 0 Å². The Kier molecular flexibility index (Phi) is 4.10. The van der Waals surface area contributed by atoms with Gasteiger partial charge in [0.2, 0.25) is 0 Å². The van der Waals surface area contributed by atoms with Crippen molar-refractivity contribution in [2.45, 2.75) is 13.8 Å². The van der Waals surface area contributed by atoms with E-state index in [4.69, 9.17) is 11.6 Å². The van der Waals surface area contributed by atoms with Crippen LogP contribution in [-0.2, 0) is 4.79 Å². The van der Waals surface area contributed by atoms with Gasteiger partial charge in [0.05, 0.1) is 5.69 Å². The number of hydrogen-bond donors (Lipinski definition) is 2. The molecule has 1 aromatic rings. The number of rotatable bonds is 2. The molecule has 0 atom stereocenters. The van der Waals surface area contributed by atoms with E-state index in [0.717, 1.165) is 34.3 Å². The molecule has 3 nitrogen and oxygen atoms in total. The van der Waals surface area contributed by atoms with Crippen molar-refractivity contribution in [1.29, 1.82) is 0 Å². The minimum Gasteiger partial charge on any atom is -0.321 e. The van der Waals surface area contributed by atoms with Crippen molar-refractivity contribution < 1.29 is 4.79 Å². The van der Waals surface area contributed by atoms with Crippen LogP contribution in [0.2, 0.25) is 5.02 Å².